The van der Waals surface area contributed by atoms with Gasteiger partial charge in [0, 0.05) is 23.8 Å². The van der Waals surface area contributed by atoms with Crippen molar-refractivity contribution in [1.82, 2.24) is 5.32 Å². The topological polar surface area (TPSA) is 52.6 Å². The van der Waals surface area contributed by atoms with E-state index in [1.165, 1.54) is 0 Å². The number of hydrogen-bond acceptors (Lipinski definition) is 3. The lowest BCUT2D eigenvalue weighted by Gasteiger charge is -2.37. The van der Waals surface area contributed by atoms with E-state index < -0.39 is 6.10 Å². The fraction of sp³-hybridized carbons (Fsp3) is 0.588. The third-order valence-electron chi connectivity index (χ3n) is 4.21. The van der Waals surface area contributed by atoms with Gasteiger partial charge in [0.25, 0.3) is 0 Å². The standard InChI is InChI=1S/C17H26N2O2/c1-4-7-12(2)18-17(21)13(3)19-11-10-16(20)14-8-5-6-9-15(14)19/h5-6,8-9,12-13,16,20H,4,7,10-11H2,1-3H3,(H,18,21). The number of aliphatic hydroxyl groups is 1. The van der Waals surface area contributed by atoms with Crippen molar-refractivity contribution in [2.24, 2.45) is 0 Å². The average molecular weight is 290 g/mol. The normalized spacial score (nSPS) is 20.6. The van der Waals surface area contributed by atoms with Crippen molar-refractivity contribution >= 4 is 11.6 Å². The molecule has 1 aromatic rings. The van der Waals surface area contributed by atoms with Crippen molar-refractivity contribution in [2.75, 3.05) is 11.4 Å². The second kappa shape index (κ2) is 6.94. The summed E-state index contributed by atoms with van der Waals surface area (Å²) >= 11 is 0. The molecule has 1 aliphatic heterocycles. The lowest BCUT2D eigenvalue weighted by atomic mass is 9.97. The van der Waals surface area contributed by atoms with Crippen LogP contribution in [0.1, 0.15) is 51.7 Å². The molecular weight excluding hydrogens is 264 g/mol. The minimum absolute atomic E-state index is 0.0575. The highest BCUT2D eigenvalue weighted by molar-refractivity contribution is 5.85. The molecule has 4 nitrogen and oxygen atoms in total. The van der Waals surface area contributed by atoms with Gasteiger partial charge in [0.1, 0.15) is 6.04 Å². The number of benzene rings is 1. The van der Waals surface area contributed by atoms with E-state index in [1.807, 2.05) is 38.1 Å². The van der Waals surface area contributed by atoms with Gasteiger partial charge in [-0.2, -0.15) is 0 Å². The monoisotopic (exact) mass is 290 g/mol. The van der Waals surface area contributed by atoms with Crippen LogP contribution in [-0.4, -0.2) is 29.6 Å². The molecule has 1 aliphatic rings. The number of carbonyl (C=O) groups is 1. The lowest BCUT2D eigenvalue weighted by molar-refractivity contribution is -0.122. The Balaban J connectivity index is 2.11. The molecule has 0 saturated carbocycles. The Labute approximate surface area is 127 Å². The predicted octanol–water partition coefficient (Wildman–Crippen LogP) is 2.62. The number of para-hydroxylation sites is 1. The smallest absolute Gasteiger partial charge is 0.242 e. The molecule has 0 aliphatic carbocycles. The highest BCUT2D eigenvalue weighted by Crippen LogP contribution is 2.34. The molecule has 4 heteroatoms. The van der Waals surface area contributed by atoms with Crippen molar-refractivity contribution in [3.8, 4) is 0 Å². The Bertz CT molecular complexity index is 489. The average Bonchev–Trinajstić information content (AvgIpc) is 2.47. The van der Waals surface area contributed by atoms with Crippen LogP contribution in [0.4, 0.5) is 5.69 Å². The first kappa shape index (κ1) is 15.8. The van der Waals surface area contributed by atoms with Crippen molar-refractivity contribution in [3.05, 3.63) is 29.8 Å². The zero-order valence-corrected chi connectivity index (χ0v) is 13.2. The Kier molecular flexibility index (Phi) is 5.23. The fourth-order valence-electron chi connectivity index (χ4n) is 2.98. The molecule has 1 amide bonds. The third kappa shape index (κ3) is 3.56. The van der Waals surface area contributed by atoms with Gasteiger partial charge in [-0.05, 0) is 32.8 Å². The summed E-state index contributed by atoms with van der Waals surface area (Å²) in [5, 5.41) is 13.2. The molecule has 2 rings (SSSR count). The molecule has 3 unspecified atom stereocenters. The molecule has 0 fully saturated rings. The number of nitrogens with one attached hydrogen (secondary N) is 1. The largest absolute Gasteiger partial charge is 0.388 e. The molecule has 0 radical (unpaired) electrons. The van der Waals surface area contributed by atoms with Crippen LogP contribution in [0.2, 0.25) is 0 Å². The van der Waals surface area contributed by atoms with Crippen LogP contribution in [0.3, 0.4) is 0 Å². The van der Waals surface area contributed by atoms with Crippen LogP contribution in [0.15, 0.2) is 24.3 Å². The number of fused-ring (bicyclic) bond motifs is 1. The van der Waals surface area contributed by atoms with E-state index in [0.29, 0.717) is 13.0 Å². The summed E-state index contributed by atoms with van der Waals surface area (Å²) in [6.45, 7) is 6.80. The van der Waals surface area contributed by atoms with Gasteiger partial charge >= 0.3 is 0 Å². The van der Waals surface area contributed by atoms with Crippen molar-refractivity contribution in [2.45, 2.75) is 58.2 Å². The Hall–Kier alpha value is -1.55. The zero-order chi connectivity index (χ0) is 15.4. The summed E-state index contributed by atoms with van der Waals surface area (Å²) in [6, 6.07) is 7.79. The van der Waals surface area contributed by atoms with E-state index in [0.717, 1.165) is 24.1 Å². The van der Waals surface area contributed by atoms with E-state index in [4.69, 9.17) is 0 Å². The molecule has 2 N–H and O–H groups in total. The third-order valence-corrected chi connectivity index (χ3v) is 4.21. The van der Waals surface area contributed by atoms with Crippen LogP contribution in [0, 0.1) is 0 Å². The summed E-state index contributed by atoms with van der Waals surface area (Å²) < 4.78 is 0. The first-order valence-electron chi connectivity index (χ1n) is 7.88. The highest BCUT2D eigenvalue weighted by Gasteiger charge is 2.29. The molecule has 0 saturated heterocycles. The number of aliphatic hydroxyl groups excluding tert-OH is 1. The van der Waals surface area contributed by atoms with Crippen molar-refractivity contribution in [3.63, 3.8) is 0 Å². The summed E-state index contributed by atoms with van der Waals surface area (Å²) in [4.78, 5) is 14.5. The van der Waals surface area contributed by atoms with Gasteiger partial charge in [0.15, 0.2) is 0 Å². The van der Waals surface area contributed by atoms with E-state index >= 15 is 0 Å². The molecular formula is C17H26N2O2. The molecule has 0 aromatic heterocycles. The first-order chi connectivity index (χ1) is 10.0. The summed E-state index contributed by atoms with van der Waals surface area (Å²) in [7, 11) is 0. The summed E-state index contributed by atoms with van der Waals surface area (Å²) in [5.41, 5.74) is 1.90. The second-order valence-electron chi connectivity index (χ2n) is 5.93. The molecule has 21 heavy (non-hydrogen) atoms. The Morgan fingerprint density at radius 2 is 2.14 bits per heavy atom. The van der Waals surface area contributed by atoms with Gasteiger partial charge in [-0.1, -0.05) is 31.5 Å². The maximum absolute atomic E-state index is 12.4. The summed E-state index contributed by atoms with van der Waals surface area (Å²) in [6.07, 6.45) is 2.30. The molecule has 1 aromatic carbocycles. The highest BCUT2D eigenvalue weighted by atomic mass is 16.3. The summed E-state index contributed by atoms with van der Waals surface area (Å²) in [5.74, 6) is 0.0575. The number of anilines is 1. The second-order valence-corrected chi connectivity index (χ2v) is 5.93. The SMILES string of the molecule is CCCC(C)NC(=O)C(C)N1CCC(O)c2ccccc21. The fourth-order valence-corrected chi connectivity index (χ4v) is 2.98. The molecule has 3 atom stereocenters. The number of amides is 1. The number of nitrogens with zero attached hydrogens (tertiary/aromatic N) is 1. The van der Waals surface area contributed by atoms with Gasteiger partial charge in [0.05, 0.1) is 6.10 Å². The van der Waals surface area contributed by atoms with Crippen LogP contribution < -0.4 is 10.2 Å². The lowest BCUT2D eigenvalue weighted by Crippen LogP contribution is -2.49. The van der Waals surface area contributed by atoms with E-state index in [-0.39, 0.29) is 18.0 Å². The van der Waals surface area contributed by atoms with Crippen LogP contribution in [0.5, 0.6) is 0 Å². The maximum Gasteiger partial charge on any atom is 0.242 e. The Morgan fingerprint density at radius 1 is 1.43 bits per heavy atom. The van der Waals surface area contributed by atoms with Gasteiger partial charge in [-0.25, -0.2) is 0 Å². The minimum atomic E-state index is -0.424. The quantitative estimate of drug-likeness (QED) is 0.876. The zero-order valence-electron chi connectivity index (χ0n) is 13.2. The van der Waals surface area contributed by atoms with Crippen molar-refractivity contribution < 1.29 is 9.90 Å². The van der Waals surface area contributed by atoms with E-state index in [1.54, 1.807) is 0 Å². The van der Waals surface area contributed by atoms with E-state index in [9.17, 15) is 9.90 Å². The van der Waals surface area contributed by atoms with Crippen LogP contribution >= 0.6 is 0 Å². The molecule has 1 heterocycles. The van der Waals surface area contributed by atoms with Crippen LogP contribution in [-0.2, 0) is 4.79 Å². The first-order valence-corrected chi connectivity index (χ1v) is 7.88. The van der Waals surface area contributed by atoms with Gasteiger partial charge in [-0.15, -0.1) is 0 Å². The number of hydrogen-bond donors (Lipinski definition) is 2. The molecule has 0 bridgehead atoms. The minimum Gasteiger partial charge on any atom is -0.388 e. The Morgan fingerprint density at radius 3 is 2.86 bits per heavy atom. The van der Waals surface area contributed by atoms with E-state index in [2.05, 4.69) is 17.1 Å². The van der Waals surface area contributed by atoms with Gasteiger partial charge in [0.2, 0.25) is 5.91 Å². The van der Waals surface area contributed by atoms with Crippen LogP contribution in [0.25, 0.3) is 0 Å². The number of rotatable bonds is 5. The van der Waals surface area contributed by atoms with Gasteiger partial charge < -0.3 is 15.3 Å². The van der Waals surface area contributed by atoms with Gasteiger partial charge in [-0.3, -0.25) is 4.79 Å². The number of carbonyl (C=O) groups excluding carboxylic acids is 1. The predicted molar refractivity (Wildman–Crippen MR) is 85.3 cm³/mol. The maximum atomic E-state index is 12.4. The molecule has 0 spiro atoms. The van der Waals surface area contributed by atoms with Crippen molar-refractivity contribution in [1.29, 1.82) is 0 Å². The molecule has 116 valence electrons.